The summed E-state index contributed by atoms with van der Waals surface area (Å²) in [6.45, 7) is 0.356. The Balaban J connectivity index is 1.67. The number of nitrogens with zero attached hydrogens (tertiary/aromatic N) is 2. The first-order chi connectivity index (χ1) is 13.8. The highest BCUT2D eigenvalue weighted by molar-refractivity contribution is 7.90. The van der Waals surface area contributed by atoms with E-state index in [0.29, 0.717) is 47.1 Å². The van der Waals surface area contributed by atoms with E-state index in [-0.39, 0.29) is 17.1 Å². The first-order valence-corrected chi connectivity index (χ1v) is 11.0. The third-order valence-electron chi connectivity index (χ3n) is 4.47. The predicted molar refractivity (Wildman–Crippen MR) is 107 cm³/mol. The number of ether oxygens (including phenoxy) is 1. The summed E-state index contributed by atoms with van der Waals surface area (Å²) in [5.41, 5.74) is 1.83. The lowest BCUT2D eigenvalue weighted by Gasteiger charge is -2.12. The molecule has 2 N–H and O–H groups in total. The number of pyridine rings is 2. The molecular formula is C20H18F2N4O2S. The molecule has 0 amide bonds. The van der Waals surface area contributed by atoms with Gasteiger partial charge in [0, 0.05) is 45.3 Å². The van der Waals surface area contributed by atoms with Crippen molar-refractivity contribution in [2.75, 3.05) is 18.2 Å². The van der Waals surface area contributed by atoms with Gasteiger partial charge >= 0.3 is 0 Å². The van der Waals surface area contributed by atoms with Crippen LogP contribution in [0.5, 0.6) is 5.75 Å². The molecule has 9 heteroatoms. The number of rotatable bonds is 5. The lowest BCUT2D eigenvalue weighted by molar-refractivity contribution is 0.358. The highest BCUT2D eigenvalue weighted by Crippen LogP contribution is 2.39. The minimum Gasteiger partial charge on any atom is -0.492 e. The molecule has 0 bridgehead atoms. The van der Waals surface area contributed by atoms with Crippen molar-refractivity contribution >= 4 is 21.4 Å². The largest absolute Gasteiger partial charge is 0.492 e. The molecule has 0 saturated carbocycles. The van der Waals surface area contributed by atoms with Gasteiger partial charge in [-0.1, -0.05) is 0 Å². The summed E-state index contributed by atoms with van der Waals surface area (Å²) in [4.78, 5) is 8.23. The molecule has 0 spiro atoms. The van der Waals surface area contributed by atoms with E-state index in [1.54, 1.807) is 12.1 Å². The maximum atomic E-state index is 14.5. The molecule has 6 nitrogen and oxygen atoms in total. The summed E-state index contributed by atoms with van der Waals surface area (Å²) in [6, 6.07) is 7.66. The van der Waals surface area contributed by atoms with Crippen molar-refractivity contribution in [3.05, 3.63) is 65.5 Å². The maximum Gasteiger partial charge on any atom is 0.149 e. The van der Waals surface area contributed by atoms with Crippen LogP contribution in [0.25, 0.3) is 11.1 Å². The van der Waals surface area contributed by atoms with E-state index in [0.717, 1.165) is 6.20 Å². The van der Waals surface area contributed by atoms with Crippen molar-refractivity contribution in [1.82, 2.24) is 9.97 Å². The molecule has 0 aliphatic carbocycles. The van der Waals surface area contributed by atoms with Gasteiger partial charge in [0.05, 0.1) is 18.6 Å². The smallest absolute Gasteiger partial charge is 0.149 e. The van der Waals surface area contributed by atoms with Crippen LogP contribution < -0.4 is 10.1 Å². The van der Waals surface area contributed by atoms with Gasteiger partial charge in [0.1, 0.15) is 29.0 Å². The molecule has 0 saturated heterocycles. The third-order valence-corrected chi connectivity index (χ3v) is 5.35. The number of halogens is 2. The molecule has 0 radical (unpaired) electrons. The summed E-state index contributed by atoms with van der Waals surface area (Å²) in [7, 11) is -2.69. The number of anilines is 2. The van der Waals surface area contributed by atoms with Gasteiger partial charge in [-0.3, -0.25) is 4.78 Å². The van der Waals surface area contributed by atoms with E-state index >= 15 is 0 Å². The summed E-state index contributed by atoms with van der Waals surface area (Å²) in [6.07, 6.45) is 4.43. The van der Waals surface area contributed by atoms with Crippen LogP contribution >= 0.6 is 0 Å². The Kier molecular flexibility index (Phi) is 4.91. The van der Waals surface area contributed by atoms with Crippen LogP contribution in [0.4, 0.5) is 20.4 Å². The van der Waals surface area contributed by atoms with Crippen LogP contribution in [-0.4, -0.2) is 27.0 Å². The predicted octanol–water partition coefficient (Wildman–Crippen LogP) is 4.28. The molecule has 0 fully saturated rings. The van der Waals surface area contributed by atoms with Gasteiger partial charge in [-0.25, -0.2) is 23.0 Å². The minimum atomic E-state index is -2.69. The average molecular weight is 416 g/mol. The van der Waals surface area contributed by atoms with Crippen molar-refractivity contribution in [3.63, 3.8) is 0 Å². The fourth-order valence-electron chi connectivity index (χ4n) is 3.26. The van der Waals surface area contributed by atoms with Crippen molar-refractivity contribution in [2.24, 2.45) is 0 Å². The topological polar surface area (TPSA) is 88.0 Å². The molecule has 3 heterocycles. The zero-order valence-corrected chi connectivity index (χ0v) is 16.4. The van der Waals surface area contributed by atoms with Gasteiger partial charge in [-0.05, 0) is 35.9 Å². The van der Waals surface area contributed by atoms with Crippen molar-refractivity contribution in [3.8, 4) is 16.9 Å². The van der Waals surface area contributed by atoms with Gasteiger partial charge in [0.25, 0.3) is 0 Å². The Morgan fingerprint density at radius 1 is 1.14 bits per heavy atom. The fraction of sp³-hybridized carbons (Fsp3) is 0.200. The summed E-state index contributed by atoms with van der Waals surface area (Å²) in [5, 5.41) is 2.99. The Morgan fingerprint density at radius 3 is 2.72 bits per heavy atom. The molecule has 29 heavy (non-hydrogen) atoms. The highest BCUT2D eigenvalue weighted by Gasteiger charge is 2.23. The van der Waals surface area contributed by atoms with Gasteiger partial charge in [0.2, 0.25) is 0 Å². The quantitative estimate of drug-likeness (QED) is 0.648. The van der Waals surface area contributed by atoms with E-state index in [1.165, 1.54) is 30.7 Å². The van der Waals surface area contributed by atoms with E-state index in [4.69, 9.17) is 9.52 Å². The van der Waals surface area contributed by atoms with Crippen LogP contribution in [0.15, 0.2) is 42.7 Å². The van der Waals surface area contributed by atoms with Crippen LogP contribution in [0.2, 0.25) is 0 Å². The molecular weight excluding hydrogens is 398 g/mol. The summed E-state index contributed by atoms with van der Waals surface area (Å²) < 4.78 is 53.3. The van der Waals surface area contributed by atoms with E-state index in [1.807, 2.05) is 0 Å². The molecule has 1 aromatic carbocycles. The van der Waals surface area contributed by atoms with Crippen molar-refractivity contribution < 1.29 is 17.7 Å². The Bertz CT molecular complexity index is 1200. The molecule has 150 valence electrons. The van der Waals surface area contributed by atoms with Crippen molar-refractivity contribution in [1.29, 1.82) is 4.78 Å². The molecule has 1 aliphatic heterocycles. The molecule has 1 atom stereocenters. The van der Waals surface area contributed by atoms with Gasteiger partial charge in [-0.2, -0.15) is 0 Å². The molecule has 3 aromatic rings. The summed E-state index contributed by atoms with van der Waals surface area (Å²) >= 11 is 0. The normalized spacial score (nSPS) is 14.7. The van der Waals surface area contributed by atoms with Crippen molar-refractivity contribution in [2.45, 2.75) is 12.2 Å². The fourth-order valence-corrected chi connectivity index (χ4v) is 4.08. The van der Waals surface area contributed by atoms with Gasteiger partial charge in [0.15, 0.2) is 0 Å². The minimum absolute atomic E-state index is 0.103. The lowest BCUT2D eigenvalue weighted by atomic mass is 10.0. The average Bonchev–Trinajstić information content (AvgIpc) is 3.14. The second-order valence-corrected chi connectivity index (χ2v) is 9.17. The van der Waals surface area contributed by atoms with Crippen LogP contribution in [-0.2, 0) is 21.9 Å². The zero-order chi connectivity index (χ0) is 20.6. The number of fused-ring (bicyclic) bond motifs is 1. The Hall–Kier alpha value is -3.07. The second-order valence-electron chi connectivity index (χ2n) is 6.87. The maximum absolute atomic E-state index is 14.5. The van der Waals surface area contributed by atoms with Crippen LogP contribution in [0.3, 0.4) is 0 Å². The SMILES string of the molecule is CS(=N)(=O)Cc1ccnc(Nc2cc(-c3ccc(F)c4c3OCC4)c(F)cn2)c1. The zero-order valence-electron chi connectivity index (χ0n) is 15.5. The highest BCUT2D eigenvalue weighted by atomic mass is 32.2. The third kappa shape index (κ3) is 4.19. The first-order valence-electron chi connectivity index (χ1n) is 8.84. The molecule has 2 aromatic heterocycles. The monoisotopic (exact) mass is 416 g/mol. The number of benzene rings is 1. The van der Waals surface area contributed by atoms with E-state index < -0.39 is 15.5 Å². The molecule has 1 unspecified atom stereocenters. The number of hydrogen-bond donors (Lipinski definition) is 2. The number of nitrogens with one attached hydrogen (secondary N) is 2. The first kappa shape index (κ1) is 19.3. The Labute approximate surface area is 167 Å². The van der Waals surface area contributed by atoms with Crippen LogP contribution in [0.1, 0.15) is 11.1 Å². The lowest BCUT2D eigenvalue weighted by Crippen LogP contribution is -2.02. The van der Waals surface area contributed by atoms with E-state index in [9.17, 15) is 13.0 Å². The Morgan fingerprint density at radius 2 is 1.93 bits per heavy atom. The van der Waals surface area contributed by atoms with Gasteiger partial charge in [-0.15, -0.1) is 0 Å². The molecule has 1 aliphatic rings. The number of hydrogen-bond acceptors (Lipinski definition) is 6. The second kappa shape index (κ2) is 7.40. The number of aromatic nitrogens is 2. The standard InChI is InChI=1S/C20H18F2N4O2S/c1-29(23,27)11-12-4-6-24-18(8-12)26-19-9-15(17(22)10-25-19)13-2-3-16(21)14-5-7-28-20(13)14/h2-4,6,8-10,23H,5,7,11H2,1H3,(H,24,25,26). The molecule has 4 rings (SSSR count). The van der Waals surface area contributed by atoms with E-state index in [2.05, 4.69) is 15.3 Å². The van der Waals surface area contributed by atoms with Crippen LogP contribution in [0, 0.1) is 16.4 Å². The van der Waals surface area contributed by atoms with Gasteiger partial charge < -0.3 is 10.1 Å². The summed E-state index contributed by atoms with van der Waals surface area (Å²) in [5.74, 6) is 0.306.